The Balaban J connectivity index is 2.03. The summed E-state index contributed by atoms with van der Waals surface area (Å²) in [6.07, 6.45) is 2.28. The maximum atomic E-state index is 11.1. The second-order valence-electron chi connectivity index (χ2n) is 4.19. The number of carboxylic acid groups (broad SMARTS) is 1. The van der Waals surface area contributed by atoms with E-state index in [0.29, 0.717) is 17.9 Å². The van der Waals surface area contributed by atoms with Crippen LogP contribution in [-0.4, -0.2) is 25.7 Å². The van der Waals surface area contributed by atoms with Gasteiger partial charge in [0.2, 0.25) is 0 Å². The van der Waals surface area contributed by atoms with Crippen LogP contribution in [0.5, 0.6) is 0 Å². The Morgan fingerprint density at radius 3 is 2.68 bits per heavy atom. The number of pyridine rings is 1. The van der Waals surface area contributed by atoms with Gasteiger partial charge in [-0.05, 0) is 17.7 Å². The van der Waals surface area contributed by atoms with Crippen molar-refractivity contribution >= 4 is 11.6 Å². The van der Waals surface area contributed by atoms with Crippen molar-refractivity contribution in [2.24, 2.45) is 0 Å². The molecule has 2 heterocycles. The average molecular weight is 253 g/mol. The minimum absolute atomic E-state index is 0.161. The van der Waals surface area contributed by atoms with E-state index in [-0.39, 0.29) is 5.56 Å². The topological polar surface area (TPSA) is 67.5 Å². The number of carbonyl (C=O) groups is 1. The van der Waals surface area contributed by atoms with Gasteiger partial charge in [-0.1, -0.05) is 30.3 Å². The third-order valence-corrected chi connectivity index (χ3v) is 2.84. The van der Waals surface area contributed by atoms with Crippen LogP contribution in [0, 0.1) is 0 Å². The molecule has 0 fully saturated rings. The molecule has 0 aliphatic carbocycles. The number of hydrogen-bond acceptors (Lipinski definition) is 3. The lowest BCUT2D eigenvalue weighted by molar-refractivity contribution is 0.0698. The van der Waals surface area contributed by atoms with Gasteiger partial charge in [-0.2, -0.15) is 5.10 Å². The predicted octanol–water partition coefficient (Wildman–Crippen LogP) is 2.02. The lowest BCUT2D eigenvalue weighted by atomic mass is 10.1. The van der Waals surface area contributed by atoms with E-state index in [1.165, 1.54) is 10.6 Å². The fraction of sp³-hybridized carbons (Fsp3) is 0.0714. The molecule has 1 aromatic carbocycles. The Hall–Kier alpha value is -2.69. The molecule has 94 valence electrons. The first-order valence-electron chi connectivity index (χ1n) is 5.85. The van der Waals surface area contributed by atoms with Gasteiger partial charge in [-0.25, -0.2) is 14.3 Å². The van der Waals surface area contributed by atoms with Gasteiger partial charge in [0, 0.05) is 12.6 Å². The highest BCUT2D eigenvalue weighted by molar-refractivity contribution is 5.94. The van der Waals surface area contributed by atoms with Crippen molar-refractivity contribution in [3.8, 4) is 0 Å². The lowest BCUT2D eigenvalue weighted by Gasteiger charge is -1.94. The lowest BCUT2D eigenvalue weighted by Crippen LogP contribution is -2.00. The summed E-state index contributed by atoms with van der Waals surface area (Å²) < 4.78 is 1.50. The molecular formula is C14H11N3O2. The number of rotatable bonds is 3. The molecule has 0 atom stereocenters. The highest BCUT2D eigenvalue weighted by atomic mass is 16.4. The number of hydrogen-bond donors (Lipinski definition) is 1. The van der Waals surface area contributed by atoms with Gasteiger partial charge < -0.3 is 5.11 Å². The van der Waals surface area contributed by atoms with Gasteiger partial charge in [-0.3, -0.25) is 0 Å². The number of benzene rings is 1. The van der Waals surface area contributed by atoms with Crippen LogP contribution in [0.1, 0.15) is 21.7 Å². The molecule has 5 nitrogen and oxygen atoms in total. The largest absolute Gasteiger partial charge is 0.478 e. The number of nitrogens with zero attached hydrogens (tertiary/aromatic N) is 3. The Bertz CT molecular complexity index is 735. The van der Waals surface area contributed by atoms with Crippen molar-refractivity contribution in [1.82, 2.24) is 14.6 Å². The summed E-state index contributed by atoms with van der Waals surface area (Å²) in [6, 6.07) is 13.0. The molecule has 3 aromatic rings. The van der Waals surface area contributed by atoms with Crippen molar-refractivity contribution in [1.29, 1.82) is 0 Å². The maximum absolute atomic E-state index is 11.1. The van der Waals surface area contributed by atoms with Crippen LogP contribution in [0.4, 0.5) is 0 Å². The fourth-order valence-corrected chi connectivity index (χ4v) is 1.97. The smallest absolute Gasteiger partial charge is 0.339 e. The molecule has 3 rings (SSSR count). The van der Waals surface area contributed by atoms with Gasteiger partial charge in [-0.15, -0.1) is 0 Å². The first-order chi connectivity index (χ1) is 9.24. The molecule has 0 radical (unpaired) electrons. The van der Waals surface area contributed by atoms with Crippen LogP contribution in [0.25, 0.3) is 5.65 Å². The SMILES string of the molecule is O=C(O)c1cccn2nc(Cc3ccccc3)nc12. The molecule has 19 heavy (non-hydrogen) atoms. The molecule has 0 aliphatic heterocycles. The van der Waals surface area contributed by atoms with E-state index >= 15 is 0 Å². The van der Waals surface area contributed by atoms with Crippen LogP contribution in [-0.2, 0) is 6.42 Å². The van der Waals surface area contributed by atoms with E-state index in [0.717, 1.165) is 5.56 Å². The van der Waals surface area contributed by atoms with E-state index in [9.17, 15) is 4.79 Å². The molecular weight excluding hydrogens is 242 g/mol. The first-order valence-corrected chi connectivity index (χ1v) is 5.85. The van der Waals surface area contributed by atoms with E-state index in [1.807, 2.05) is 30.3 Å². The Morgan fingerprint density at radius 1 is 1.16 bits per heavy atom. The quantitative estimate of drug-likeness (QED) is 0.775. The van der Waals surface area contributed by atoms with Gasteiger partial charge in [0.05, 0.1) is 0 Å². The van der Waals surface area contributed by atoms with Crippen molar-refractivity contribution in [3.63, 3.8) is 0 Å². The third kappa shape index (κ3) is 2.18. The summed E-state index contributed by atoms with van der Waals surface area (Å²) in [7, 11) is 0. The molecule has 0 aliphatic rings. The second kappa shape index (κ2) is 4.53. The van der Waals surface area contributed by atoms with Crippen molar-refractivity contribution in [2.75, 3.05) is 0 Å². The summed E-state index contributed by atoms with van der Waals surface area (Å²) in [6.45, 7) is 0. The summed E-state index contributed by atoms with van der Waals surface area (Å²) in [5, 5.41) is 13.4. The van der Waals surface area contributed by atoms with Crippen LogP contribution < -0.4 is 0 Å². The number of aromatic carboxylic acids is 1. The monoisotopic (exact) mass is 253 g/mol. The van der Waals surface area contributed by atoms with E-state index in [1.54, 1.807) is 12.3 Å². The van der Waals surface area contributed by atoms with Crippen LogP contribution in [0.15, 0.2) is 48.7 Å². The normalized spacial score (nSPS) is 10.7. The van der Waals surface area contributed by atoms with Crippen molar-refractivity contribution in [3.05, 3.63) is 65.6 Å². The number of carboxylic acids is 1. The summed E-state index contributed by atoms with van der Waals surface area (Å²) in [5.41, 5.74) is 1.63. The van der Waals surface area contributed by atoms with Crippen LogP contribution in [0.3, 0.4) is 0 Å². The molecule has 1 N–H and O–H groups in total. The highest BCUT2D eigenvalue weighted by Gasteiger charge is 2.12. The third-order valence-electron chi connectivity index (χ3n) is 2.84. The van der Waals surface area contributed by atoms with Gasteiger partial charge >= 0.3 is 5.97 Å². The summed E-state index contributed by atoms with van der Waals surface area (Å²) in [4.78, 5) is 15.4. The summed E-state index contributed by atoms with van der Waals surface area (Å²) in [5.74, 6) is -0.385. The Kier molecular flexibility index (Phi) is 2.72. The van der Waals surface area contributed by atoms with Gasteiger partial charge in [0.15, 0.2) is 11.5 Å². The molecule has 0 amide bonds. The fourth-order valence-electron chi connectivity index (χ4n) is 1.97. The maximum Gasteiger partial charge on any atom is 0.339 e. The molecule has 0 spiro atoms. The van der Waals surface area contributed by atoms with Gasteiger partial charge in [0.25, 0.3) is 0 Å². The van der Waals surface area contributed by atoms with Crippen molar-refractivity contribution in [2.45, 2.75) is 6.42 Å². The molecule has 2 aromatic heterocycles. The van der Waals surface area contributed by atoms with Gasteiger partial charge in [0.1, 0.15) is 5.56 Å². The standard InChI is InChI=1S/C14H11N3O2/c18-14(19)11-7-4-8-17-13(11)15-12(16-17)9-10-5-2-1-3-6-10/h1-8H,9H2,(H,18,19). The zero-order valence-electron chi connectivity index (χ0n) is 10.0. The van der Waals surface area contributed by atoms with Crippen LogP contribution >= 0.6 is 0 Å². The first kappa shape index (κ1) is 11.4. The minimum atomic E-state index is -0.996. The minimum Gasteiger partial charge on any atom is -0.478 e. The van der Waals surface area contributed by atoms with Crippen LogP contribution in [0.2, 0.25) is 0 Å². The Labute approximate surface area is 109 Å². The predicted molar refractivity (Wildman–Crippen MR) is 69.2 cm³/mol. The number of aromatic nitrogens is 3. The average Bonchev–Trinajstić information content (AvgIpc) is 2.81. The van der Waals surface area contributed by atoms with Crippen molar-refractivity contribution < 1.29 is 9.90 Å². The number of fused-ring (bicyclic) bond motifs is 1. The second-order valence-corrected chi connectivity index (χ2v) is 4.19. The highest BCUT2D eigenvalue weighted by Crippen LogP contribution is 2.11. The Morgan fingerprint density at radius 2 is 1.95 bits per heavy atom. The van der Waals surface area contributed by atoms with E-state index in [4.69, 9.17) is 5.11 Å². The molecule has 0 saturated heterocycles. The molecule has 0 saturated carbocycles. The van der Waals surface area contributed by atoms with E-state index < -0.39 is 5.97 Å². The molecule has 5 heteroatoms. The summed E-state index contributed by atoms with van der Waals surface area (Å²) >= 11 is 0. The molecule has 0 bridgehead atoms. The molecule has 0 unspecified atom stereocenters. The zero-order valence-corrected chi connectivity index (χ0v) is 10.0. The zero-order chi connectivity index (χ0) is 13.2. The van der Waals surface area contributed by atoms with E-state index in [2.05, 4.69) is 10.1 Å².